The second kappa shape index (κ2) is 13.6. The van der Waals surface area contributed by atoms with Crippen molar-refractivity contribution in [3.05, 3.63) is 131 Å². The first-order chi connectivity index (χ1) is 19.6. The highest BCUT2D eigenvalue weighted by molar-refractivity contribution is 5.83. The summed E-state index contributed by atoms with van der Waals surface area (Å²) in [5.41, 5.74) is 7.52. The van der Waals surface area contributed by atoms with E-state index in [4.69, 9.17) is 0 Å². The Bertz CT molecular complexity index is 1330. The zero-order valence-corrected chi connectivity index (χ0v) is 23.8. The number of likely N-dealkylation sites (N-methyl/N-ethyl adjacent to an activating group) is 1. The molecule has 2 unspecified atom stereocenters. The topological polar surface area (TPSA) is 35.6 Å². The molecule has 40 heavy (non-hydrogen) atoms. The smallest absolute Gasteiger partial charge is 0.226 e. The zero-order chi connectivity index (χ0) is 27.7. The number of benzene rings is 4. The van der Waals surface area contributed by atoms with Gasteiger partial charge in [0.1, 0.15) is 0 Å². The first-order valence-electron chi connectivity index (χ1n) is 14.5. The second-order valence-electron chi connectivity index (χ2n) is 11.2. The maximum absolute atomic E-state index is 13.5. The van der Waals surface area contributed by atoms with Gasteiger partial charge in [-0.1, -0.05) is 109 Å². The van der Waals surface area contributed by atoms with E-state index in [0.717, 1.165) is 39.0 Å². The molecule has 2 atom stereocenters. The minimum Gasteiger partial charge on any atom is -0.337 e. The lowest BCUT2D eigenvalue weighted by Gasteiger charge is -2.25. The van der Waals surface area contributed by atoms with Crippen LogP contribution in [0.5, 0.6) is 0 Å². The van der Waals surface area contributed by atoms with Gasteiger partial charge in [0.15, 0.2) is 0 Å². The molecule has 1 N–H and O–H groups in total. The molecular formula is C36H41N3O. The van der Waals surface area contributed by atoms with Crippen LogP contribution in [0.4, 0.5) is 0 Å². The molecule has 5 rings (SSSR count). The first kappa shape index (κ1) is 27.8. The summed E-state index contributed by atoms with van der Waals surface area (Å²) < 4.78 is 0. The van der Waals surface area contributed by atoms with E-state index < -0.39 is 0 Å². The normalized spacial score (nSPS) is 16.2. The third-order valence-corrected chi connectivity index (χ3v) is 7.84. The van der Waals surface area contributed by atoms with Crippen molar-refractivity contribution in [1.29, 1.82) is 0 Å². The van der Waals surface area contributed by atoms with E-state index in [-0.39, 0.29) is 11.8 Å². The van der Waals surface area contributed by atoms with Gasteiger partial charge < -0.3 is 15.1 Å². The van der Waals surface area contributed by atoms with Gasteiger partial charge in [0, 0.05) is 32.1 Å². The van der Waals surface area contributed by atoms with Gasteiger partial charge in [-0.05, 0) is 72.8 Å². The summed E-state index contributed by atoms with van der Waals surface area (Å²) in [6, 6.07) is 38.6. The molecule has 0 radical (unpaired) electrons. The van der Waals surface area contributed by atoms with E-state index in [9.17, 15) is 4.79 Å². The molecule has 0 saturated heterocycles. The minimum atomic E-state index is 0.107. The molecule has 0 bridgehead atoms. The Hall–Kier alpha value is -3.73. The average Bonchev–Trinajstić information content (AvgIpc) is 3.80. The first-order valence-corrected chi connectivity index (χ1v) is 14.5. The Balaban J connectivity index is 1.15. The van der Waals surface area contributed by atoms with Crippen LogP contribution in [0.3, 0.4) is 0 Å². The van der Waals surface area contributed by atoms with Crippen molar-refractivity contribution in [2.24, 2.45) is 5.92 Å². The fourth-order valence-electron chi connectivity index (χ4n) is 5.31. The number of hydrogen-bond acceptors (Lipinski definition) is 3. The van der Waals surface area contributed by atoms with E-state index in [1.807, 2.05) is 6.07 Å². The molecule has 0 aliphatic heterocycles. The Labute approximate surface area is 239 Å². The number of amides is 1. The van der Waals surface area contributed by atoms with Crippen LogP contribution in [-0.2, 0) is 24.3 Å². The molecule has 1 saturated carbocycles. The van der Waals surface area contributed by atoms with Crippen LogP contribution >= 0.6 is 0 Å². The quantitative estimate of drug-likeness (QED) is 0.203. The molecule has 4 heteroatoms. The van der Waals surface area contributed by atoms with Crippen LogP contribution < -0.4 is 5.32 Å². The van der Waals surface area contributed by atoms with E-state index in [1.54, 1.807) is 0 Å². The number of nitrogens with one attached hydrogen (secondary N) is 1. The van der Waals surface area contributed by atoms with Gasteiger partial charge >= 0.3 is 0 Å². The predicted molar refractivity (Wildman–Crippen MR) is 165 cm³/mol. The monoisotopic (exact) mass is 531 g/mol. The molecule has 206 valence electrons. The van der Waals surface area contributed by atoms with Crippen LogP contribution in [0.2, 0.25) is 0 Å². The molecule has 1 fully saturated rings. The number of nitrogens with zero attached hydrogens (tertiary/aromatic N) is 2. The minimum absolute atomic E-state index is 0.107. The van der Waals surface area contributed by atoms with Crippen LogP contribution in [0, 0.1) is 5.92 Å². The number of carbonyl (C=O) groups is 1. The van der Waals surface area contributed by atoms with E-state index in [2.05, 4.69) is 132 Å². The lowest BCUT2D eigenvalue weighted by atomic mass is 10.0. The van der Waals surface area contributed by atoms with Gasteiger partial charge in [0.25, 0.3) is 0 Å². The van der Waals surface area contributed by atoms with Crippen LogP contribution in [-0.4, -0.2) is 49.4 Å². The Kier molecular flexibility index (Phi) is 9.43. The average molecular weight is 532 g/mol. The lowest BCUT2D eigenvalue weighted by molar-refractivity contribution is -0.133. The van der Waals surface area contributed by atoms with E-state index in [0.29, 0.717) is 12.5 Å². The van der Waals surface area contributed by atoms with Crippen molar-refractivity contribution in [2.75, 3.05) is 33.7 Å². The zero-order valence-electron chi connectivity index (χ0n) is 23.8. The molecular weight excluding hydrogens is 490 g/mol. The van der Waals surface area contributed by atoms with E-state index in [1.165, 1.54) is 33.4 Å². The van der Waals surface area contributed by atoms with Crippen LogP contribution in [0.15, 0.2) is 109 Å². The molecule has 4 aromatic rings. The highest BCUT2D eigenvalue weighted by atomic mass is 16.2. The van der Waals surface area contributed by atoms with Gasteiger partial charge in [-0.3, -0.25) is 4.79 Å². The summed E-state index contributed by atoms with van der Waals surface area (Å²) >= 11 is 0. The molecule has 0 aromatic heterocycles. The highest BCUT2D eigenvalue weighted by Crippen LogP contribution is 2.48. The summed E-state index contributed by atoms with van der Waals surface area (Å²) in [6.45, 7) is 4.09. The number of carbonyl (C=O) groups excluding carboxylic acids is 1. The van der Waals surface area contributed by atoms with Crippen molar-refractivity contribution in [3.8, 4) is 11.1 Å². The maximum atomic E-state index is 13.5. The Morgan fingerprint density at radius 3 is 1.95 bits per heavy atom. The molecule has 1 amide bonds. The molecule has 4 nitrogen and oxygen atoms in total. The van der Waals surface area contributed by atoms with Gasteiger partial charge in [0.2, 0.25) is 5.91 Å². The van der Waals surface area contributed by atoms with Crippen molar-refractivity contribution >= 4 is 5.91 Å². The third-order valence-electron chi connectivity index (χ3n) is 7.84. The van der Waals surface area contributed by atoms with Crippen molar-refractivity contribution in [1.82, 2.24) is 15.1 Å². The number of hydrogen-bond donors (Lipinski definition) is 1. The van der Waals surface area contributed by atoms with Gasteiger partial charge in [-0.2, -0.15) is 0 Å². The Morgan fingerprint density at radius 2 is 1.32 bits per heavy atom. The van der Waals surface area contributed by atoms with Gasteiger partial charge in [-0.25, -0.2) is 0 Å². The summed E-state index contributed by atoms with van der Waals surface area (Å²) in [6.07, 6.45) is 2.00. The van der Waals surface area contributed by atoms with Crippen molar-refractivity contribution in [2.45, 2.75) is 31.8 Å². The highest BCUT2D eigenvalue weighted by Gasteiger charge is 2.45. The van der Waals surface area contributed by atoms with E-state index >= 15 is 0 Å². The fraction of sp³-hybridized carbons (Fsp3) is 0.306. The van der Waals surface area contributed by atoms with Crippen LogP contribution in [0.25, 0.3) is 11.1 Å². The predicted octanol–water partition coefficient (Wildman–Crippen LogP) is 6.38. The van der Waals surface area contributed by atoms with Gasteiger partial charge in [0.05, 0.1) is 0 Å². The third kappa shape index (κ3) is 7.68. The van der Waals surface area contributed by atoms with Gasteiger partial charge in [-0.15, -0.1) is 0 Å². The maximum Gasteiger partial charge on any atom is 0.226 e. The summed E-state index contributed by atoms with van der Waals surface area (Å²) in [7, 11) is 4.13. The fourth-order valence-corrected chi connectivity index (χ4v) is 5.31. The molecule has 0 heterocycles. The van der Waals surface area contributed by atoms with Crippen LogP contribution in [0.1, 0.15) is 34.6 Å². The second-order valence-corrected chi connectivity index (χ2v) is 11.2. The van der Waals surface area contributed by atoms with Crippen molar-refractivity contribution < 1.29 is 4.79 Å². The Morgan fingerprint density at radius 1 is 0.725 bits per heavy atom. The molecule has 1 aliphatic carbocycles. The largest absolute Gasteiger partial charge is 0.337 e. The molecule has 0 spiro atoms. The molecule has 4 aromatic carbocycles. The summed E-state index contributed by atoms with van der Waals surface area (Å²) in [5, 5.41) is 3.55. The van der Waals surface area contributed by atoms with Crippen molar-refractivity contribution in [3.63, 3.8) is 0 Å². The standard InChI is InChI=1S/C36H41N3O/c1-38(2)23-24-39(36(40)35-25-34(35)33-11-7-4-8-12-33)27-30-15-19-32(20-16-30)31-17-13-29(14-18-31)26-37-22-21-28-9-5-3-6-10-28/h3-20,34-35,37H,21-27H2,1-2H3. The molecule has 1 aliphatic rings. The summed E-state index contributed by atoms with van der Waals surface area (Å²) in [5.74, 6) is 0.753. The number of rotatable bonds is 13. The lowest BCUT2D eigenvalue weighted by Crippen LogP contribution is -2.37. The SMILES string of the molecule is CN(C)CCN(Cc1ccc(-c2ccc(CNCCc3ccccc3)cc2)cc1)C(=O)C1CC1c1ccccc1. The summed E-state index contributed by atoms with van der Waals surface area (Å²) in [4.78, 5) is 17.7.